The maximum Gasteiger partial charge on any atom is 0.255 e. The topological polar surface area (TPSA) is 72.7 Å². The SMILES string of the molecule is Cc1ccccc1NC(=O)c1ccc(-n2nnc3cccnc32)cc1. The number of benzene rings is 2. The summed E-state index contributed by atoms with van der Waals surface area (Å²) in [5.74, 6) is -0.151. The Morgan fingerprint density at radius 2 is 1.80 bits per heavy atom. The number of hydrogen-bond acceptors (Lipinski definition) is 4. The number of aromatic nitrogens is 4. The van der Waals surface area contributed by atoms with E-state index in [1.807, 2.05) is 55.5 Å². The van der Waals surface area contributed by atoms with Crippen molar-refractivity contribution in [3.05, 3.63) is 78.0 Å². The largest absolute Gasteiger partial charge is 0.322 e. The van der Waals surface area contributed by atoms with Crippen molar-refractivity contribution in [2.24, 2.45) is 0 Å². The highest BCUT2D eigenvalue weighted by Crippen LogP contribution is 2.17. The van der Waals surface area contributed by atoms with Gasteiger partial charge in [0, 0.05) is 17.4 Å². The van der Waals surface area contributed by atoms with Gasteiger partial charge in [0.05, 0.1) is 5.69 Å². The van der Waals surface area contributed by atoms with Crippen molar-refractivity contribution in [3.8, 4) is 5.69 Å². The summed E-state index contributed by atoms with van der Waals surface area (Å²) in [5, 5.41) is 11.1. The normalized spacial score (nSPS) is 10.8. The molecule has 2 aromatic heterocycles. The van der Waals surface area contributed by atoms with Gasteiger partial charge in [-0.3, -0.25) is 4.79 Å². The first-order chi connectivity index (χ1) is 12.2. The maximum atomic E-state index is 12.4. The average molecular weight is 329 g/mol. The fourth-order valence-electron chi connectivity index (χ4n) is 2.60. The van der Waals surface area contributed by atoms with Gasteiger partial charge < -0.3 is 5.32 Å². The van der Waals surface area contributed by atoms with Crippen molar-refractivity contribution >= 4 is 22.8 Å². The number of aryl methyl sites for hydroxylation is 1. The van der Waals surface area contributed by atoms with Gasteiger partial charge in [0.2, 0.25) is 0 Å². The van der Waals surface area contributed by atoms with Crippen LogP contribution in [0.1, 0.15) is 15.9 Å². The lowest BCUT2D eigenvalue weighted by molar-refractivity contribution is 0.102. The van der Waals surface area contributed by atoms with E-state index in [4.69, 9.17) is 0 Å². The molecule has 6 heteroatoms. The Balaban J connectivity index is 1.60. The van der Waals surface area contributed by atoms with E-state index in [0.29, 0.717) is 11.2 Å². The third-order valence-corrected chi connectivity index (χ3v) is 3.98. The average Bonchev–Trinajstić information content (AvgIpc) is 3.08. The molecule has 6 nitrogen and oxygen atoms in total. The second kappa shape index (κ2) is 6.16. The van der Waals surface area contributed by atoms with Crippen LogP contribution in [-0.4, -0.2) is 25.9 Å². The summed E-state index contributed by atoms with van der Waals surface area (Å²) in [6.45, 7) is 1.96. The number of nitrogens with zero attached hydrogens (tertiary/aromatic N) is 4. The zero-order chi connectivity index (χ0) is 17.2. The van der Waals surface area contributed by atoms with Crippen molar-refractivity contribution in [1.82, 2.24) is 20.0 Å². The van der Waals surface area contributed by atoms with E-state index >= 15 is 0 Å². The predicted octanol–water partition coefficient (Wildman–Crippen LogP) is 3.38. The van der Waals surface area contributed by atoms with Gasteiger partial charge in [-0.1, -0.05) is 23.4 Å². The first kappa shape index (κ1) is 15.0. The Morgan fingerprint density at radius 3 is 2.60 bits per heavy atom. The molecule has 0 saturated carbocycles. The van der Waals surface area contributed by atoms with Crippen LogP contribution >= 0.6 is 0 Å². The van der Waals surface area contributed by atoms with Crippen LogP contribution in [0.4, 0.5) is 5.69 Å². The molecule has 0 saturated heterocycles. The van der Waals surface area contributed by atoms with Crippen molar-refractivity contribution in [3.63, 3.8) is 0 Å². The first-order valence-electron chi connectivity index (χ1n) is 7.86. The number of carbonyl (C=O) groups excluding carboxylic acids is 1. The van der Waals surface area contributed by atoms with Crippen LogP contribution in [0, 0.1) is 6.92 Å². The zero-order valence-corrected chi connectivity index (χ0v) is 13.5. The number of rotatable bonds is 3. The van der Waals surface area contributed by atoms with Crippen LogP contribution in [0.25, 0.3) is 16.9 Å². The van der Waals surface area contributed by atoms with E-state index in [0.717, 1.165) is 22.5 Å². The van der Waals surface area contributed by atoms with Crippen molar-refractivity contribution in [1.29, 1.82) is 0 Å². The standard InChI is InChI=1S/C19H15N5O/c1-13-5-2-3-6-16(13)21-19(25)14-8-10-15(11-9-14)24-18-17(22-23-24)7-4-12-20-18/h2-12H,1H3,(H,21,25). The molecule has 25 heavy (non-hydrogen) atoms. The van der Waals surface area contributed by atoms with Gasteiger partial charge >= 0.3 is 0 Å². The lowest BCUT2D eigenvalue weighted by atomic mass is 10.1. The van der Waals surface area contributed by atoms with Crippen LogP contribution in [0.3, 0.4) is 0 Å². The number of amides is 1. The molecule has 0 unspecified atom stereocenters. The summed E-state index contributed by atoms with van der Waals surface area (Å²) in [4.78, 5) is 16.7. The minimum absolute atomic E-state index is 0.151. The number of para-hydroxylation sites is 1. The number of pyridine rings is 1. The molecule has 122 valence electrons. The highest BCUT2D eigenvalue weighted by Gasteiger charge is 2.10. The number of anilines is 1. The summed E-state index contributed by atoms with van der Waals surface area (Å²) in [6, 6.07) is 18.5. The van der Waals surface area contributed by atoms with Crippen LogP contribution in [0.15, 0.2) is 66.9 Å². The molecule has 0 aliphatic carbocycles. The fourth-order valence-corrected chi connectivity index (χ4v) is 2.60. The summed E-state index contributed by atoms with van der Waals surface area (Å²) >= 11 is 0. The first-order valence-corrected chi connectivity index (χ1v) is 7.86. The third kappa shape index (κ3) is 2.85. The van der Waals surface area contributed by atoms with Gasteiger partial charge in [0.25, 0.3) is 5.91 Å². The quantitative estimate of drug-likeness (QED) is 0.625. The van der Waals surface area contributed by atoms with Gasteiger partial charge in [0.15, 0.2) is 5.65 Å². The lowest BCUT2D eigenvalue weighted by Crippen LogP contribution is -2.12. The molecule has 0 aliphatic rings. The van der Waals surface area contributed by atoms with Crippen LogP contribution in [0.5, 0.6) is 0 Å². The molecule has 2 aromatic carbocycles. The molecular weight excluding hydrogens is 314 g/mol. The summed E-state index contributed by atoms with van der Waals surface area (Å²) < 4.78 is 1.65. The molecule has 0 atom stereocenters. The lowest BCUT2D eigenvalue weighted by Gasteiger charge is -2.08. The van der Waals surface area contributed by atoms with E-state index in [2.05, 4.69) is 20.6 Å². The van der Waals surface area contributed by atoms with E-state index < -0.39 is 0 Å². The minimum atomic E-state index is -0.151. The molecule has 0 bridgehead atoms. The molecule has 0 aliphatic heterocycles. The van der Waals surface area contributed by atoms with E-state index in [1.165, 1.54) is 0 Å². The summed E-state index contributed by atoms with van der Waals surface area (Å²) in [6.07, 6.45) is 1.70. The predicted molar refractivity (Wildman–Crippen MR) is 95.8 cm³/mol. The molecule has 0 radical (unpaired) electrons. The van der Waals surface area contributed by atoms with Gasteiger partial charge in [-0.25, -0.2) is 4.98 Å². The minimum Gasteiger partial charge on any atom is -0.322 e. The highest BCUT2D eigenvalue weighted by molar-refractivity contribution is 6.04. The molecule has 1 N–H and O–H groups in total. The molecular formula is C19H15N5O. The third-order valence-electron chi connectivity index (χ3n) is 3.98. The van der Waals surface area contributed by atoms with Gasteiger partial charge in [0.1, 0.15) is 5.52 Å². The Morgan fingerprint density at radius 1 is 1.00 bits per heavy atom. The second-order valence-corrected chi connectivity index (χ2v) is 5.66. The Labute approximate surface area is 144 Å². The van der Waals surface area contributed by atoms with E-state index in [-0.39, 0.29) is 5.91 Å². The van der Waals surface area contributed by atoms with Crippen LogP contribution < -0.4 is 5.32 Å². The molecule has 1 amide bonds. The van der Waals surface area contributed by atoms with Crippen molar-refractivity contribution in [2.45, 2.75) is 6.92 Å². The zero-order valence-electron chi connectivity index (χ0n) is 13.5. The Bertz CT molecular complexity index is 1050. The van der Waals surface area contributed by atoms with Gasteiger partial charge in [-0.2, -0.15) is 4.68 Å². The molecule has 4 rings (SSSR count). The van der Waals surface area contributed by atoms with E-state index in [1.54, 1.807) is 23.0 Å². The Kier molecular flexibility index (Phi) is 3.70. The summed E-state index contributed by atoms with van der Waals surface area (Å²) in [7, 11) is 0. The second-order valence-electron chi connectivity index (χ2n) is 5.66. The smallest absolute Gasteiger partial charge is 0.255 e. The highest BCUT2D eigenvalue weighted by atomic mass is 16.1. The van der Waals surface area contributed by atoms with Gasteiger partial charge in [-0.05, 0) is 55.0 Å². The maximum absolute atomic E-state index is 12.4. The Hall–Kier alpha value is -3.54. The number of nitrogens with one attached hydrogen (secondary N) is 1. The van der Waals surface area contributed by atoms with Crippen molar-refractivity contribution in [2.75, 3.05) is 5.32 Å². The summed E-state index contributed by atoms with van der Waals surface area (Å²) in [5.41, 5.74) is 4.61. The molecule has 4 aromatic rings. The monoisotopic (exact) mass is 329 g/mol. The molecule has 2 heterocycles. The molecule has 0 fully saturated rings. The number of carbonyl (C=O) groups is 1. The molecule has 0 spiro atoms. The van der Waals surface area contributed by atoms with Crippen LogP contribution in [-0.2, 0) is 0 Å². The van der Waals surface area contributed by atoms with E-state index in [9.17, 15) is 4.79 Å². The number of hydrogen-bond donors (Lipinski definition) is 1. The van der Waals surface area contributed by atoms with Crippen LogP contribution in [0.2, 0.25) is 0 Å². The number of fused-ring (bicyclic) bond motifs is 1. The fraction of sp³-hybridized carbons (Fsp3) is 0.0526. The van der Waals surface area contributed by atoms with Crippen molar-refractivity contribution < 1.29 is 4.79 Å². The van der Waals surface area contributed by atoms with Gasteiger partial charge in [-0.15, -0.1) is 5.10 Å².